The molecule has 1 unspecified atom stereocenters. The average Bonchev–Trinajstić information content (AvgIpc) is 2.78. The van der Waals surface area contributed by atoms with E-state index in [0.717, 1.165) is 0 Å². The van der Waals surface area contributed by atoms with Gasteiger partial charge in [-0.05, 0) is 32.4 Å². The fourth-order valence-electron chi connectivity index (χ4n) is 2.21. The molecule has 3 atom stereocenters. The van der Waals surface area contributed by atoms with Crippen LogP contribution in [0.25, 0.3) is 0 Å². The van der Waals surface area contributed by atoms with Gasteiger partial charge in [0.15, 0.2) is 9.04 Å². The SMILES string of the molecule is C[SiH](O[C@H]1C[C@@H](C(=O)ON)N(C(=O)OC(C)(C)C)C1)C(C)(C)C. The molecule has 0 aromatic heterocycles. The monoisotopic (exact) mass is 346 g/mol. The smallest absolute Gasteiger partial charge is 0.411 e. The van der Waals surface area contributed by atoms with E-state index in [4.69, 9.17) is 15.1 Å². The van der Waals surface area contributed by atoms with Gasteiger partial charge in [0.05, 0.1) is 6.10 Å². The summed E-state index contributed by atoms with van der Waals surface area (Å²) in [4.78, 5) is 29.9. The van der Waals surface area contributed by atoms with Crippen LogP contribution in [0.15, 0.2) is 0 Å². The Morgan fingerprint density at radius 1 is 1.17 bits per heavy atom. The lowest BCUT2D eigenvalue weighted by molar-refractivity contribution is -0.149. The number of hydrogen-bond acceptors (Lipinski definition) is 6. The number of amides is 1. The first-order valence-electron chi connectivity index (χ1n) is 7.91. The highest BCUT2D eigenvalue weighted by Crippen LogP contribution is 2.31. The summed E-state index contributed by atoms with van der Waals surface area (Å²) in [6.07, 6.45) is -0.375. The van der Waals surface area contributed by atoms with E-state index >= 15 is 0 Å². The second kappa shape index (κ2) is 7.19. The zero-order valence-electron chi connectivity index (χ0n) is 15.2. The van der Waals surface area contributed by atoms with Crippen LogP contribution in [0, 0.1) is 0 Å². The minimum absolute atomic E-state index is 0.100. The van der Waals surface area contributed by atoms with Gasteiger partial charge in [-0.2, -0.15) is 5.90 Å². The van der Waals surface area contributed by atoms with Crippen molar-refractivity contribution < 1.29 is 23.6 Å². The van der Waals surface area contributed by atoms with Gasteiger partial charge in [0.25, 0.3) is 0 Å². The third-order valence-corrected chi connectivity index (χ3v) is 7.13. The molecule has 0 aromatic carbocycles. The van der Waals surface area contributed by atoms with Crippen molar-refractivity contribution in [3.8, 4) is 0 Å². The third kappa shape index (κ3) is 5.78. The molecule has 1 fully saturated rings. The molecule has 0 aromatic rings. The summed E-state index contributed by atoms with van der Waals surface area (Å²) < 4.78 is 11.5. The average molecular weight is 347 g/mol. The predicted octanol–water partition coefficient (Wildman–Crippen LogP) is 1.95. The van der Waals surface area contributed by atoms with Crippen LogP contribution in [0.3, 0.4) is 0 Å². The lowest BCUT2D eigenvalue weighted by Gasteiger charge is -2.29. The first-order chi connectivity index (χ1) is 10.3. The van der Waals surface area contributed by atoms with Crippen molar-refractivity contribution in [1.29, 1.82) is 0 Å². The maximum atomic E-state index is 12.3. The fraction of sp³-hybridized carbons (Fsp3) is 0.867. The van der Waals surface area contributed by atoms with Gasteiger partial charge in [0.1, 0.15) is 11.6 Å². The number of carbonyl (C=O) groups excluding carboxylic acids is 2. The Kier molecular flexibility index (Phi) is 6.23. The van der Waals surface area contributed by atoms with E-state index < -0.39 is 32.7 Å². The molecule has 8 heteroatoms. The van der Waals surface area contributed by atoms with Crippen LogP contribution in [0.5, 0.6) is 0 Å². The molecule has 0 bridgehead atoms. The van der Waals surface area contributed by atoms with Crippen LogP contribution in [0.4, 0.5) is 4.79 Å². The van der Waals surface area contributed by atoms with E-state index in [2.05, 4.69) is 32.2 Å². The molecule has 1 amide bonds. The number of ether oxygens (including phenoxy) is 1. The van der Waals surface area contributed by atoms with Crippen LogP contribution < -0.4 is 5.90 Å². The molecule has 1 aliphatic rings. The number of nitrogens with zero attached hydrogens (tertiary/aromatic N) is 1. The highest BCUT2D eigenvalue weighted by Gasteiger charge is 2.44. The van der Waals surface area contributed by atoms with Gasteiger partial charge in [-0.3, -0.25) is 4.90 Å². The molecule has 1 rings (SSSR count). The molecule has 0 spiro atoms. The van der Waals surface area contributed by atoms with Crippen molar-refractivity contribution in [2.75, 3.05) is 6.54 Å². The summed E-state index contributed by atoms with van der Waals surface area (Å²) in [5, 5.41) is 0.100. The molecule has 0 aliphatic carbocycles. The molecule has 0 radical (unpaired) electrons. The van der Waals surface area contributed by atoms with Gasteiger partial charge in [0, 0.05) is 13.0 Å². The normalized spacial score (nSPS) is 23.6. The Balaban J connectivity index is 2.83. The number of nitrogens with two attached hydrogens (primary N) is 1. The summed E-state index contributed by atoms with van der Waals surface area (Å²) in [5.74, 6) is 4.35. The zero-order chi connectivity index (χ0) is 18.0. The van der Waals surface area contributed by atoms with Gasteiger partial charge in [-0.15, -0.1) is 0 Å². The quantitative estimate of drug-likeness (QED) is 0.620. The Labute approximate surface area is 140 Å². The molecule has 7 nitrogen and oxygen atoms in total. The predicted molar refractivity (Wildman–Crippen MR) is 89.2 cm³/mol. The maximum Gasteiger partial charge on any atom is 0.411 e. The lowest BCUT2D eigenvalue weighted by atomic mass is 10.2. The van der Waals surface area contributed by atoms with E-state index in [0.29, 0.717) is 13.0 Å². The van der Waals surface area contributed by atoms with Crippen molar-refractivity contribution in [3.63, 3.8) is 0 Å². The topological polar surface area (TPSA) is 91.1 Å². The van der Waals surface area contributed by atoms with Crippen molar-refractivity contribution in [2.24, 2.45) is 5.90 Å². The summed E-state index contributed by atoms with van der Waals surface area (Å²) in [5.41, 5.74) is -0.638. The highest BCUT2D eigenvalue weighted by molar-refractivity contribution is 6.53. The van der Waals surface area contributed by atoms with E-state index in [-0.39, 0.29) is 11.1 Å². The minimum atomic E-state index is -1.47. The van der Waals surface area contributed by atoms with Gasteiger partial charge in [-0.25, -0.2) is 9.59 Å². The molecule has 134 valence electrons. The molecule has 2 N–H and O–H groups in total. The number of hydrogen-bond donors (Lipinski definition) is 1. The van der Waals surface area contributed by atoms with Crippen molar-refractivity contribution in [2.45, 2.75) is 77.3 Å². The molecule has 23 heavy (non-hydrogen) atoms. The summed E-state index contributed by atoms with van der Waals surface area (Å²) in [6.45, 7) is 14.2. The second-order valence-corrected chi connectivity index (χ2v) is 11.4. The van der Waals surface area contributed by atoms with Gasteiger partial charge in [-0.1, -0.05) is 20.8 Å². The van der Waals surface area contributed by atoms with Gasteiger partial charge >= 0.3 is 12.1 Å². The number of likely N-dealkylation sites (tertiary alicyclic amines) is 1. The first-order valence-corrected chi connectivity index (χ1v) is 10.1. The maximum absolute atomic E-state index is 12.3. The van der Waals surface area contributed by atoms with Gasteiger partial charge in [0.2, 0.25) is 0 Å². The van der Waals surface area contributed by atoms with E-state index in [1.54, 1.807) is 20.8 Å². The molecule has 1 saturated heterocycles. The number of rotatable bonds is 3. The Morgan fingerprint density at radius 2 is 1.74 bits per heavy atom. The van der Waals surface area contributed by atoms with E-state index in [9.17, 15) is 9.59 Å². The summed E-state index contributed by atoms with van der Waals surface area (Å²) in [6, 6.07) is -0.763. The molecule has 1 aliphatic heterocycles. The molecule has 1 heterocycles. The van der Waals surface area contributed by atoms with Crippen LogP contribution in [0.2, 0.25) is 11.6 Å². The van der Waals surface area contributed by atoms with Crippen LogP contribution in [0.1, 0.15) is 48.0 Å². The van der Waals surface area contributed by atoms with Crippen molar-refractivity contribution in [1.82, 2.24) is 4.90 Å². The summed E-state index contributed by atoms with van der Waals surface area (Å²) >= 11 is 0. The minimum Gasteiger partial charge on any atom is -0.444 e. The zero-order valence-corrected chi connectivity index (χ0v) is 16.4. The molecule has 0 saturated carbocycles. The van der Waals surface area contributed by atoms with E-state index in [1.165, 1.54) is 4.90 Å². The Hall–Kier alpha value is -1.12. The fourth-order valence-corrected chi connectivity index (χ4v) is 3.40. The second-order valence-electron chi connectivity index (χ2n) is 8.09. The van der Waals surface area contributed by atoms with Crippen LogP contribution >= 0.6 is 0 Å². The number of carbonyl (C=O) groups is 2. The van der Waals surface area contributed by atoms with E-state index in [1.807, 2.05) is 0 Å². The molecular weight excluding hydrogens is 316 g/mol. The van der Waals surface area contributed by atoms with Crippen molar-refractivity contribution >= 4 is 21.1 Å². The molecular formula is C15H30N2O5Si. The van der Waals surface area contributed by atoms with Gasteiger partial charge < -0.3 is 14.0 Å². The lowest BCUT2D eigenvalue weighted by Crippen LogP contribution is -2.44. The van der Waals surface area contributed by atoms with Crippen LogP contribution in [-0.4, -0.2) is 50.3 Å². The first kappa shape index (κ1) is 19.9. The largest absolute Gasteiger partial charge is 0.444 e. The van der Waals surface area contributed by atoms with Crippen molar-refractivity contribution in [3.05, 3.63) is 0 Å². The Bertz CT molecular complexity index is 444. The highest BCUT2D eigenvalue weighted by atomic mass is 28.3. The van der Waals surface area contributed by atoms with Crippen LogP contribution in [-0.2, 0) is 18.8 Å². The Morgan fingerprint density at radius 3 is 2.17 bits per heavy atom. The third-order valence-electron chi connectivity index (χ3n) is 3.90. The standard InChI is InChI=1S/C15H30N2O5Si/c1-14(2,3)20-13(19)17-9-10(8-11(17)12(18)21-16)22-23(7)15(4,5)6/h10-11,23H,8-9,16H2,1-7H3/t10-,11-,23?/m0/s1. The summed E-state index contributed by atoms with van der Waals surface area (Å²) in [7, 11) is -1.47.